The van der Waals surface area contributed by atoms with Crippen molar-refractivity contribution in [1.82, 2.24) is 4.98 Å². The maximum absolute atomic E-state index is 10.1. The Morgan fingerprint density at radius 2 is 2.15 bits per heavy atom. The Morgan fingerprint density at radius 3 is 2.90 bits per heavy atom. The van der Waals surface area contributed by atoms with Crippen molar-refractivity contribution in [3.05, 3.63) is 36.0 Å². The predicted molar refractivity (Wildman–Crippen MR) is 79.7 cm³/mol. The molecule has 1 fully saturated rings. The molecule has 2 unspecified atom stereocenters. The van der Waals surface area contributed by atoms with Gasteiger partial charge in [0.2, 0.25) is 0 Å². The fourth-order valence-electron chi connectivity index (χ4n) is 2.82. The SMILES string of the molecule is CC1CCN(c2cc(CO)nc3ccccc23)CC1O. The minimum Gasteiger partial charge on any atom is -0.391 e. The van der Waals surface area contributed by atoms with E-state index >= 15 is 0 Å². The summed E-state index contributed by atoms with van der Waals surface area (Å²) in [5, 5.41) is 20.6. The monoisotopic (exact) mass is 272 g/mol. The quantitative estimate of drug-likeness (QED) is 0.877. The van der Waals surface area contributed by atoms with Crippen molar-refractivity contribution in [2.24, 2.45) is 5.92 Å². The highest BCUT2D eigenvalue weighted by Gasteiger charge is 2.25. The summed E-state index contributed by atoms with van der Waals surface area (Å²) >= 11 is 0. The molecule has 4 heteroatoms. The molecule has 2 N–H and O–H groups in total. The van der Waals surface area contributed by atoms with Crippen molar-refractivity contribution in [3.63, 3.8) is 0 Å². The van der Waals surface area contributed by atoms with E-state index in [2.05, 4.69) is 16.8 Å². The van der Waals surface area contributed by atoms with Crippen LogP contribution < -0.4 is 4.90 Å². The number of aliphatic hydroxyl groups excluding tert-OH is 2. The van der Waals surface area contributed by atoms with Crippen molar-refractivity contribution in [2.45, 2.75) is 26.1 Å². The van der Waals surface area contributed by atoms with E-state index in [-0.39, 0.29) is 12.7 Å². The number of anilines is 1. The first-order valence-corrected chi connectivity index (χ1v) is 7.11. The topological polar surface area (TPSA) is 56.6 Å². The van der Waals surface area contributed by atoms with Gasteiger partial charge in [0.25, 0.3) is 0 Å². The average Bonchev–Trinajstić information content (AvgIpc) is 2.49. The van der Waals surface area contributed by atoms with Crippen LogP contribution in [-0.2, 0) is 6.61 Å². The molecule has 0 aliphatic carbocycles. The van der Waals surface area contributed by atoms with Crippen LogP contribution in [0.1, 0.15) is 19.0 Å². The van der Waals surface area contributed by atoms with Crippen LogP contribution in [0.4, 0.5) is 5.69 Å². The molecule has 2 aromatic rings. The lowest BCUT2D eigenvalue weighted by Gasteiger charge is -2.36. The summed E-state index contributed by atoms with van der Waals surface area (Å²) in [7, 11) is 0. The molecule has 0 bridgehead atoms. The highest BCUT2D eigenvalue weighted by molar-refractivity contribution is 5.92. The van der Waals surface area contributed by atoms with Crippen LogP contribution in [0.2, 0.25) is 0 Å². The summed E-state index contributed by atoms with van der Waals surface area (Å²) in [5.74, 6) is 0.344. The average molecular weight is 272 g/mol. The van der Waals surface area contributed by atoms with Crippen LogP contribution in [-0.4, -0.2) is 34.4 Å². The molecule has 1 aliphatic heterocycles. The first-order chi connectivity index (χ1) is 9.69. The molecule has 2 heterocycles. The van der Waals surface area contributed by atoms with Crippen LogP contribution in [0, 0.1) is 5.92 Å². The molecule has 20 heavy (non-hydrogen) atoms. The fraction of sp³-hybridized carbons (Fsp3) is 0.438. The summed E-state index contributed by atoms with van der Waals surface area (Å²) in [4.78, 5) is 6.65. The highest BCUT2D eigenvalue weighted by Crippen LogP contribution is 2.30. The van der Waals surface area contributed by atoms with E-state index in [9.17, 15) is 10.2 Å². The predicted octanol–water partition coefficient (Wildman–Crippen LogP) is 1.93. The molecule has 106 valence electrons. The normalized spacial score (nSPS) is 23.2. The number of rotatable bonds is 2. The molecule has 1 aromatic heterocycles. The van der Waals surface area contributed by atoms with Crippen LogP contribution in [0.15, 0.2) is 30.3 Å². The van der Waals surface area contributed by atoms with Crippen molar-refractivity contribution in [1.29, 1.82) is 0 Å². The number of aromatic nitrogens is 1. The molecular weight excluding hydrogens is 252 g/mol. The summed E-state index contributed by atoms with van der Waals surface area (Å²) in [6, 6.07) is 9.89. The first kappa shape index (κ1) is 13.3. The number of benzene rings is 1. The van der Waals surface area contributed by atoms with Crippen LogP contribution in [0.5, 0.6) is 0 Å². The number of aliphatic hydroxyl groups is 2. The summed E-state index contributed by atoms with van der Waals surface area (Å²) in [6.45, 7) is 3.59. The molecule has 0 spiro atoms. The van der Waals surface area contributed by atoms with Crippen molar-refractivity contribution < 1.29 is 10.2 Å². The van der Waals surface area contributed by atoms with E-state index in [1.54, 1.807) is 0 Å². The number of para-hydroxylation sites is 1. The van der Waals surface area contributed by atoms with Gasteiger partial charge in [0.1, 0.15) is 0 Å². The third-order valence-electron chi connectivity index (χ3n) is 4.17. The van der Waals surface area contributed by atoms with E-state index < -0.39 is 0 Å². The molecule has 1 aliphatic rings. The molecule has 1 saturated heterocycles. The number of hydrogen-bond donors (Lipinski definition) is 2. The number of nitrogens with zero attached hydrogens (tertiary/aromatic N) is 2. The van der Waals surface area contributed by atoms with Gasteiger partial charge in [-0.1, -0.05) is 25.1 Å². The maximum Gasteiger partial charge on any atom is 0.0854 e. The van der Waals surface area contributed by atoms with Crippen LogP contribution >= 0.6 is 0 Å². The Kier molecular flexibility index (Phi) is 3.59. The summed E-state index contributed by atoms with van der Waals surface area (Å²) in [6.07, 6.45) is 0.681. The smallest absolute Gasteiger partial charge is 0.0854 e. The lowest BCUT2D eigenvalue weighted by atomic mass is 9.95. The van der Waals surface area contributed by atoms with Gasteiger partial charge in [-0.15, -0.1) is 0 Å². The lowest BCUT2D eigenvalue weighted by Crippen LogP contribution is -2.43. The number of piperidine rings is 1. The zero-order chi connectivity index (χ0) is 14.1. The highest BCUT2D eigenvalue weighted by atomic mass is 16.3. The molecule has 0 amide bonds. The molecule has 1 aromatic carbocycles. The van der Waals surface area contributed by atoms with E-state index in [4.69, 9.17) is 0 Å². The zero-order valence-electron chi connectivity index (χ0n) is 11.7. The lowest BCUT2D eigenvalue weighted by molar-refractivity contribution is 0.103. The molecule has 0 saturated carbocycles. The van der Waals surface area contributed by atoms with E-state index in [0.29, 0.717) is 18.2 Å². The van der Waals surface area contributed by atoms with Gasteiger partial charge in [-0.3, -0.25) is 4.98 Å². The third-order valence-corrected chi connectivity index (χ3v) is 4.17. The van der Waals surface area contributed by atoms with Gasteiger partial charge in [-0.2, -0.15) is 0 Å². The van der Waals surface area contributed by atoms with Crippen LogP contribution in [0.25, 0.3) is 10.9 Å². The Bertz CT molecular complexity index is 614. The Balaban J connectivity index is 2.05. The molecular formula is C16H20N2O2. The van der Waals surface area contributed by atoms with Crippen molar-refractivity contribution in [2.75, 3.05) is 18.0 Å². The van der Waals surface area contributed by atoms with Crippen LogP contribution in [0.3, 0.4) is 0 Å². The Labute approximate surface area is 118 Å². The molecule has 0 radical (unpaired) electrons. The van der Waals surface area contributed by atoms with Gasteiger partial charge in [-0.25, -0.2) is 0 Å². The van der Waals surface area contributed by atoms with Crippen molar-refractivity contribution in [3.8, 4) is 0 Å². The largest absolute Gasteiger partial charge is 0.391 e. The van der Waals surface area contributed by atoms with E-state index in [1.807, 2.05) is 30.3 Å². The number of fused-ring (bicyclic) bond motifs is 1. The van der Waals surface area contributed by atoms with Gasteiger partial charge in [0, 0.05) is 24.2 Å². The van der Waals surface area contributed by atoms with Gasteiger partial charge in [0.15, 0.2) is 0 Å². The zero-order valence-corrected chi connectivity index (χ0v) is 11.7. The molecule has 4 nitrogen and oxygen atoms in total. The summed E-state index contributed by atoms with van der Waals surface area (Å²) < 4.78 is 0. The fourth-order valence-corrected chi connectivity index (χ4v) is 2.82. The Hall–Kier alpha value is -1.65. The van der Waals surface area contributed by atoms with E-state index in [0.717, 1.165) is 29.6 Å². The molecule has 2 atom stereocenters. The van der Waals surface area contributed by atoms with E-state index in [1.165, 1.54) is 0 Å². The van der Waals surface area contributed by atoms with Gasteiger partial charge in [0.05, 0.1) is 23.9 Å². The first-order valence-electron chi connectivity index (χ1n) is 7.11. The van der Waals surface area contributed by atoms with Gasteiger partial charge < -0.3 is 15.1 Å². The second kappa shape index (κ2) is 5.38. The number of β-amino-alcohol motifs (C(OH)–C–C–N with tert-alkyl or cyclic N) is 1. The second-order valence-corrected chi connectivity index (χ2v) is 5.59. The Morgan fingerprint density at radius 1 is 1.35 bits per heavy atom. The third kappa shape index (κ3) is 2.37. The number of pyridine rings is 1. The molecule has 3 rings (SSSR count). The summed E-state index contributed by atoms with van der Waals surface area (Å²) in [5.41, 5.74) is 2.62. The standard InChI is InChI=1S/C16H20N2O2/c1-11-6-7-18(9-16(11)20)15-8-12(10-19)17-14-5-3-2-4-13(14)15/h2-5,8,11,16,19-20H,6-7,9-10H2,1H3. The van der Waals surface area contributed by atoms with Gasteiger partial charge in [-0.05, 0) is 24.5 Å². The minimum absolute atomic E-state index is 0.0649. The van der Waals surface area contributed by atoms with Gasteiger partial charge >= 0.3 is 0 Å². The minimum atomic E-state index is -0.298. The second-order valence-electron chi connectivity index (χ2n) is 5.59. The number of hydrogen-bond acceptors (Lipinski definition) is 4. The maximum atomic E-state index is 10.1. The van der Waals surface area contributed by atoms with Crippen molar-refractivity contribution >= 4 is 16.6 Å².